The Balaban J connectivity index is 1.99. The van der Waals surface area contributed by atoms with Crippen LogP contribution in [0.3, 0.4) is 0 Å². The number of ether oxygens (including phenoxy) is 3. The van der Waals surface area contributed by atoms with Crippen molar-refractivity contribution in [3.8, 4) is 0 Å². The van der Waals surface area contributed by atoms with E-state index in [1.165, 1.54) is 7.11 Å². The molecule has 4 unspecified atom stereocenters. The second-order valence-electron chi connectivity index (χ2n) is 4.57. The zero-order chi connectivity index (χ0) is 13.7. The lowest BCUT2D eigenvalue weighted by Crippen LogP contribution is -2.35. The Morgan fingerprint density at radius 1 is 1.16 bits per heavy atom. The standard InChI is InChI=1S/C14H20O5/c1-17-14-11(7-15)13(12(8-16)19-14)18-9-10-5-3-2-4-6-10/h2-6,11-16H,7-9H2,1H3. The minimum atomic E-state index is -0.539. The van der Waals surface area contributed by atoms with Gasteiger partial charge in [-0.05, 0) is 5.56 Å². The lowest BCUT2D eigenvalue weighted by atomic mass is 10.0. The third kappa shape index (κ3) is 3.32. The normalized spacial score (nSPS) is 30.7. The summed E-state index contributed by atoms with van der Waals surface area (Å²) in [6, 6.07) is 9.75. The van der Waals surface area contributed by atoms with Gasteiger partial charge in [0.1, 0.15) is 6.10 Å². The van der Waals surface area contributed by atoms with Crippen molar-refractivity contribution in [1.82, 2.24) is 0 Å². The van der Waals surface area contributed by atoms with Gasteiger partial charge >= 0.3 is 0 Å². The zero-order valence-corrected chi connectivity index (χ0v) is 10.9. The predicted octanol–water partition coefficient (Wildman–Crippen LogP) is 0.544. The Bertz CT molecular complexity index is 369. The van der Waals surface area contributed by atoms with Crippen LogP contribution in [0.4, 0.5) is 0 Å². The molecule has 0 saturated carbocycles. The summed E-state index contributed by atoms with van der Waals surface area (Å²) < 4.78 is 16.5. The first kappa shape index (κ1) is 14.4. The van der Waals surface area contributed by atoms with Gasteiger partial charge < -0.3 is 24.4 Å². The largest absolute Gasteiger partial charge is 0.396 e. The van der Waals surface area contributed by atoms with Crippen LogP contribution in [0.5, 0.6) is 0 Å². The van der Waals surface area contributed by atoms with Gasteiger partial charge in [-0.25, -0.2) is 0 Å². The number of hydrogen-bond acceptors (Lipinski definition) is 5. The maximum atomic E-state index is 9.43. The highest BCUT2D eigenvalue weighted by Crippen LogP contribution is 2.30. The van der Waals surface area contributed by atoms with Gasteiger partial charge in [-0.15, -0.1) is 0 Å². The molecule has 0 spiro atoms. The van der Waals surface area contributed by atoms with Crippen molar-refractivity contribution in [2.24, 2.45) is 5.92 Å². The van der Waals surface area contributed by atoms with Crippen LogP contribution in [0.2, 0.25) is 0 Å². The summed E-state index contributed by atoms with van der Waals surface area (Å²) in [4.78, 5) is 0. The molecule has 4 atom stereocenters. The van der Waals surface area contributed by atoms with Crippen LogP contribution in [-0.2, 0) is 20.8 Å². The molecule has 1 saturated heterocycles. The van der Waals surface area contributed by atoms with Crippen molar-refractivity contribution in [2.75, 3.05) is 20.3 Å². The van der Waals surface area contributed by atoms with Crippen molar-refractivity contribution in [3.05, 3.63) is 35.9 Å². The topological polar surface area (TPSA) is 68.2 Å². The molecule has 19 heavy (non-hydrogen) atoms. The molecule has 5 heteroatoms. The third-order valence-electron chi connectivity index (χ3n) is 3.36. The van der Waals surface area contributed by atoms with Crippen LogP contribution in [0.25, 0.3) is 0 Å². The van der Waals surface area contributed by atoms with E-state index >= 15 is 0 Å². The molecule has 1 heterocycles. The van der Waals surface area contributed by atoms with Crippen LogP contribution >= 0.6 is 0 Å². The van der Waals surface area contributed by atoms with Gasteiger partial charge in [0.25, 0.3) is 0 Å². The maximum Gasteiger partial charge on any atom is 0.165 e. The smallest absolute Gasteiger partial charge is 0.165 e. The van der Waals surface area contributed by atoms with Crippen LogP contribution in [0.15, 0.2) is 30.3 Å². The maximum absolute atomic E-state index is 9.43. The van der Waals surface area contributed by atoms with Gasteiger partial charge in [0.15, 0.2) is 6.29 Å². The molecular formula is C14H20O5. The fourth-order valence-electron chi connectivity index (χ4n) is 2.35. The highest BCUT2D eigenvalue weighted by atomic mass is 16.7. The van der Waals surface area contributed by atoms with E-state index in [4.69, 9.17) is 14.2 Å². The third-order valence-corrected chi connectivity index (χ3v) is 3.36. The SMILES string of the molecule is COC1OC(CO)C(OCc2ccccc2)C1CO. The monoisotopic (exact) mass is 268 g/mol. The van der Waals surface area contributed by atoms with E-state index in [0.29, 0.717) is 6.61 Å². The molecule has 2 N–H and O–H groups in total. The molecule has 2 rings (SSSR count). The van der Waals surface area contributed by atoms with Crippen molar-refractivity contribution < 1.29 is 24.4 Å². The molecule has 0 amide bonds. The summed E-state index contributed by atoms with van der Waals surface area (Å²) in [5.41, 5.74) is 1.04. The van der Waals surface area contributed by atoms with Crippen molar-refractivity contribution in [3.63, 3.8) is 0 Å². The summed E-state index contributed by atoms with van der Waals surface area (Å²) in [5, 5.41) is 18.7. The van der Waals surface area contributed by atoms with Crippen LogP contribution in [-0.4, -0.2) is 49.0 Å². The number of hydrogen-bond donors (Lipinski definition) is 2. The molecule has 0 aromatic heterocycles. The van der Waals surface area contributed by atoms with Crippen LogP contribution in [0.1, 0.15) is 5.56 Å². The molecule has 0 radical (unpaired) electrons. The molecule has 1 aliphatic rings. The van der Waals surface area contributed by atoms with E-state index in [2.05, 4.69) is 0 Å². The zero-order valence-electron chi connectivity index (χ0n) is 10.9. The minimum Gasteiger partial charge on any atom is -0.396 e. The lowest BCUT2D eigenvalue weighted by Gasteiger charge is -2.21. The van der Waals surface area contributed by atoms with Crippen LogP contribution in [0, 0.1) is 5.92 Å². The van der Waals surface area contributed by atoms with Crippen molar-refractivity contribution >= 4 is 0 Å². The van der Waals surface area contributed by atoms with Gasteiger partial charge in [0.2, 0.25) is 0 Å². The molecule has 1 aliphatic heterocycles. The fourth-order valence-corrected chi connectivity index (χ4v) is 2.35. The van der Waals surface area contributed by atoms with Crippen LogP contribution < -0.4 is 0 Å². The summed E-state index contributed by atoms with van der Waals surface area (Å²) in [6.07, 6.45) is -1.38. The molecule has 106 valence electrons. The first-order chi connectivity index (χ1) is 9.30. The Kier molecular flexibility index (Phi) is 5.30. The minimum absolute atomic E-state index is 0.103. The Hall–Kier alpha value is -0.980. The van der Waals surface area contributed by atoms with Gasteiger partial charge in [-0.2, -0.15) is 0 Å². The number of rotatable bonds is 6. The van der Waals surface area contributed by atoms with Gasteiger partial charge in [0.05, 0.1) is 31.8 Å². The fraction of sp³-hybridized carbons (Fsp3) is 0.571. The summed E-state index contributed by atoms with van der Waals surface area (Å²) in [7, 11) is 1.52. The van der Waals surface area contributed by atoms with E-state index in [1.807, 2.05) is 30.3 Å². The summed E-state index contributed by atoms with van der Waals surface area (Å²) in [6.45, 7) is 0.155. The van der Waals surface area contributed by atoms with Gasteiger partial charge in [-0.3, -0.25) is 0 Å². The molecule has 1 aromatic rings. The van der Waals surface area contributed by atoms with E-state index in [9.17, 15) is 10.2 Å². The molecule has 0 bridgehead atoms. The molecule has 0 aliphatic carbocycles. The molecule has 1 aromatic carbocycles. The second kappa shape index (κ2) is 6.98. The first-order valence-electron chi connectivity index (χ1n) is 6.35. The highest BCUT2D eigenvalue weighted by molar-refractivity contribution is 5.13. The molecular weight excluding hydrogens is 248 g/mol. The Morgan fingerprint density at radius 3 is 2.47 bits per heavy atom. The molecule has 5 nitrogen and oxygen atoms in total. The Morgan fingerprint density at radius 2 is 1.89 bits per heavy atom. The van der Waals surface area contributed by atoms with E-state index in [-0.39, 0.29) is 25.2 Å². The molecule has 1 fully saturated rings. The first-order valence-corrected chi connectivity index (χ1v) is 6.35. The quantitative estimate of drug-likeness (QED) is 0.788. The average Bonchev–Trinajstić information content (AvgIpc) is 2.83. The number of benzene rings is 1. The van der Waals surface area contributed by atoms with Crippen molar-refractivity contribution in [2.45, 2.75) is 25.1 Å². The summed E-state index contributed by atoms with van der Waals surface area (Å²) in [5.74, 6) is -0.286. The van der Waals surface area contributed by atoms with Crippen molar-refractivity contribution in [1.29, 1.82) is 0 Å². The van der Waals surface area contributed by atoms with Gasteiger partial charge in [-0.1, -0.05) is 30.3 Å². The van der Waals surface area contributed by atoms with E-state index in [0.717, 1.165) is 5.56 Å². The highest BCUT2D eigenvalue weighted by Gasteiger charge is 2.44. The Labute approximate surface area is 112 Å². The average molecular weight is 268 g/mol. The van der Waals surface area contributed by atoms with E-state index in [1.54, 1.807) is 0 Å². The predicted molar refractivity (Wildman–Crippen MR) is 68.4 cm³/mol. The van der Waals surface area contributed by atoms with E-state index < -0.39 is 12.4 Å². The number of aliphatic hydroxyl groups is 2. The number of aliphatic hydroxyl groups excluding tert-OH is 2. The lowest BCUT2D eigenvalue weighted by molar-refractivity contribution is -0.143. The second-order valence-corrected chi connectivity index (χ2v) is 4.57. The number of methoxy groups -OCH3 is 1. The summed E-state index contributed by atoms with van der Waals surface area (Å²) >= 11 is 0. The van der Waals surface area contributed by atoms with Gasteiger partial charge in [0, 0.05) is 7.11 Å².